The van der Waals surface area contributed by atoms with Crippen LogP contribution in [0.3, 0.4) is 0 Å². The molecular formula is C16H20FNO5S. The van der Waals surface area contributed by atoms with E-state index in [4.69, 9.17) is 9.47 Å². The van der Waals surface area contributed by atoms with E-state index in [2.05, 4.69) is 5.32 Å². The molecule has 0 saturated heterocycles. The van der Waals surface area contributed by atoms with Crippen LogP contribution < -0.4 is 5.32 Å². The van der Waals surface area contributed by atoms with Gasteiger partial charge in [0, 0.05) is 7.11 Å². The van der Waals surface area contributed by atoms with Gasteiger partial charge in [-0.1, -0.05) is 12.1 Å². The first-order valence-corrected chi connectivity index (χ1v) is 9.07. The van der Waals surface area contributed by atoms with Gasteiger partial charge >= 0.3 is 0 Å². The van der Waals surface area contributed by atoms with E-state index in [0.29, 0.717) is 5.56 Å². The van der Waals surface area contributed by atoms with Crippen molar-refractivity contribution >= 4 is 15.7 Å². The molecule has 2 unspecified atom stereocenters. The minimum atomic E-state index is -3.67. The lowest BCUT2D eigenvalue weighted by Crippen LogP contribution is -2.41. The molecular weight excluding hydrogens is 337 g/mol. The molecule has 0 spiro atoms. The topological polar surface area (TPSA) is 81.7 Å². The molecule has 0 bridgehead atoms. The normalized spacial score (nSPS) is 19.3. The van der Waals surface area contributed by atoms with Crippen LogP contribution in [0.5, 0.6) is 0 Å². The van der Waals surface area contributed by atoms with E-state index >= 15 is 0 Å². The Hall–Kier alpha value is -1.93. The van der Waals surface area contributed by atoms with E-state index in [9.17, 15) is 17.6 Å². The number of methoxy groups -OCH3 is 1. The summed E-state index contributed by atoms with van der Waals surface area (Å²) in [4.78, 5) is 12.0. The fourth-order valence-corrected chi connectivity index (χ4v) is 3.97. The van der Waals surface area contributed by atoms with Gasteiger partial charge in [-0.2, -0.15) is 0 Å². The maximum Gasteiger partial charge on any atom is 0.266 e. The van der Waals surface area contributed by atoms with Crippen molar-refractivity contribution in [3.63, 3.8) is 0 Å². The van der Waals surface area contributed by atoms with E-state index in [1.165, 1.54) is 26.2 Å². The van der Waals surface area contributed by atoms with Crippen molar-refractivity contribution in [3.8, 4) is 0 Å². The van der Waals surface area contributed by atoms with Gasteiger partial charge in [0.05, 0.1) is 11.8 Å². The Bertz CT molecular complexity index is 742. The highest BCUT2D eigenvalue weighted by atomic mass is 32.2. The third-order valence-corrected chi connectivity index (χ3v) is 5.57. The van der Waals surface area contributed by atoms with Gasteiger partial charge in [0.2, 0.25) is 0 Å². The Morgan fingerprint density at radius 3 is 2.50 bits per heavy atom. The molecule has 1 aromatic rings. The molecule has 1 N–H and O–H groups in total. The largest absolute Gasteiger partial charge is 0.496 e. The zero-order chi connectivity index (χ0) is 17.9. The predicted octanol–water partition coefficient (Wildman–Crippen LogP) is 1.69. The number of ether oxygens (including phenoxy) is 2. The summed E-state index contributed by atoms with van der Waals surface area (Å²) in [5, 5.41) is 2.63. The average molecular weight is 357 g/mol. The number of amides is 1. The molecule has 0 saturated carbocycles. The molecule has 0 aliphatic carbocycles. The van der Waals surface area contributed by atoms with E-state index in [0.717, 1.165) is 0 Å². The average Bonchev–Trinajstić information content (AvgIpc) is 2.48. The highest BCUT2D eigenvalue weighted by molar-refractivity contribution is 7.96. The Balaban J connectivity index is 2.19. The monoisotopic (exact) mass is 357 g/mol. The SMILES string of the molecule is COC(c1ccc(F)cc1)C(C)NC(=O)C1=C(C)OCCS1(=O)=O. The van der Waals surface area contributed by atoms with Crippen LogP contribution >= 0.6 is 0 Å². The number of hydrogen-bond acceptors (Lipinski definition) is 5. The van der Waals surface area contributed by atoms with Crippen LogP contribution in [0.2, 0.25) is 0 Å². The summed E-state index contributed by atoms with van der Waals surface area (Å²) in [5.74, 6) is -1.25. The summed E-state index contributed by atoms with van der Waals surface area (Å²) in [6, 6.07) is 5.16. The summed E-state index contributed by atoms with van der Waals surface area (Å²) in [7, 11) is -2.21. The molecule has 0 radical (unpaired) electrons. The number of allylic oxidation sites excluding steroid dienone is 1. The summed E-state index contributed by atoms with van der Waals surface area (Å²) in [5.41, 5.74) is 0.667. The molecule has 1 amide bonds. The third kappa shape index (κ3) is 3.93. The minimum Gasteiger partial charge on any atom is -0.496 e. The van der Waals surface area contributed by atoms with Crippen molar-refractivity contribution in [1.82, 2.24) is 5.32 Å². The van der Waals surface area contributed by atoms with E-state index in [1.807, 2.05) is 0 Å². The number of benzene rings is 1. The minimum absolute atomic E-state index is 0.0385. The van der Waals surface area contributed by atoms with Crippen molar-refractivity contribution in [2.24, 2.45) is 0 Å². The molecule has 0 fully saturated rings. The number of halogens is 1. The molecule has 2 rings (SSSR count). The van der Waals surface area contributed by atoms with Crippen molar-refractivity contribution in [2.75, 3.05) is 19.5 Å². The van der Waals surface area contributed by atoms with Crippen LogP contribution in [0.1, 0.15) is 25.5 Å². The lowest BCUT2D eigenvalue weighted by atomic mass is 10.0. The number of sulfone groups is 1. The van der Waals surface area contributed by atoms with Crippen LogP contribution in [0.15, 0.2) is 34.9 Å². The molecule has 2 atom stereocenters. The zero-order valence-electron chi connectivity index (χ0n) is 13.7. The molecule has 24 heavy (non-hydrogen) atoms. The van der Waals surface area contributed by atoms with E-state index in [1.54, 1.807) is 19.1 Å². The number of carbonyl (C=O) groups excluding carboxylic acids is 1. The first-order chi connectivity index (χ1) is 11.3. The third-order valence-electron chi connectivity index (χ3n) is 3.77. The van der Waals surface area contributed by atoms with Crippen LogP contribution in [-0.4, -0.2) is 39.8 Å². The first kappa shape index (κ1) is 18.4. The summed E-state index contributed by atoms with van der Waals surface area (Å²) in [6.07, 6.45) is -0.553. The van der Waals surface area contributed by atoms with Crippen molar-refractivity contribution in [1.29, 1.82) is 0 Å². The van der Waals surface area contributed by atoms with Gasteiger partial charge < -0.3 is 14.8 Å². The summed E-state index contributed by atoms with van der Waals surface area (Å²) >= 11 is 0. The van der Waals surface area contributed by atoms with Gasteiger partial charge in [0.1, 0.15) is 24.3 Å². The molecule has 6 nitrogen and oxygen atoms in total. The lowest BCUT2D eigenvalue weighted by molar-refractivity contribution is -0.118. The second-order valence-corrected chi connectivity index (χ2v) is 7.57. The molecule has 1 heterocycles. The highest BCUT2D eigenvalue weighted by Gasteiger charge is 2.33. The Kier molecular flexibility index (Phi) is 5.61. The second-order valence-electron chi connectivity index (χ2n) is 5.52. The molecule has 0 aromatic heterocycles. The lowest BCUT2D eigenvalue weighted by Gasteiger charge is -2.26. The standard InChI is InChI=1S/C16H20FNO5S/c1-10(14(22-3)12-4-6-13(17)7-5-12)18-16(19)15-11(2)23-8-9-24(15,20)21/h4-7,10,14H,8-9H2,1-3H3,(H,18,19). The number of rotatable bonds is 5. The van der Waals surface area contributed by atoms with Gasteiger partial charge in [0.15, 0.2) is 14.7 Å². The van der Waals surface area contributed by atoms with Gasteiger partial charge in [-0.25, -0.2) is 12.8 Å². The van der Waals surface area contributed by atoms with Gasteiger partial charge in [0.25, 0.3) is 5.91 Å². The highest BCUT2D eigenvalue weighted by Crippen LogP contribution is 2.23. The van der Waals surface area contributed by atoms with E-state index < -0.39 is 27.9 Å². The molecule has 1 aromatic carbocycles. The van der Waals surface area contributed by atoms with Crippen LogP contribution in [0.4, 0.5) is 4.39 Å². The fourth-order valence-electron chi connectivity index (χ4n) is 2.62. The Labute approximate surface area is 140 Å². The number of hydrogen-bond donors (Lipinski definition) is 1. The smallest absolute Gasteiger partial charge is 0.266 e. The Morgan fingerprint density at radius 1 is 1.33 bits per heavy atom. The first-order valence-electron chi connectivity index (χ1n) is 7.42. The van der Waals surface area contributed by atoms with Crippen molar-refractivity contribution < 1.29 is 27.1 Å². The fraction of sp³-hybridized carbons (Fsp3) is 0.438. The maximum atomic E-state index is 13.0. The van der Waals surface area contributed by atoms with Gasteiger partial charge in [-0.15, -0.1) is 0 Å². The quantitative estimate of drug-likeness (QED) is 0.867. The van der Waals surface area contributed by atoms with Gasteiger partial charge in [-0.05, 0) is 31.5 Å². The van der Waals surface area contributed by atoms with Gasteiger partial charge in [-0.3, -0.25) is 4.79 Å². The van der Waals surface area contributed by atoms with E-state index in [-0.39, 0.29) is 28.8 Å². The van der Waals surface area contributed by atoms with Crippen molar-refractivity contribution in [3.05, 3.63) is 46.3 Å². The number of carbonyl (C=O) groups is 1. The molecule has 1 aliphatic rings. The molecule has 132 valence electrons. The van der Waals surface area contributed by atoms with Crippen LogP contribution in [0, 0.1) is 5.82 Å². The summed E-state index contributed by atoms with van der Waals surface area (Å²) < 4.78 is 47.8. The summed E-state index contributed by atoms with van der Waals surface area (Å²) in [6.45, 7) is 3.17. The maximum absolute atomic E-state index is 13.0. The molecule has 1 aliphatic heterocycles. The zero-order valence-corrected chi connectivity index (χ0v) is 14.5. The second kappa shape index (κ2) is 7.31. The van der Waals surface area contributed by atoms with Crippen molar-refractivity contribution in [2.45, 2.75) is 26.0 Å². The van der Waals surface area contributed by atoms with Crippen LogP contribution in [-0.2, 0) is 24.1 Å². The number of nitrogens with one attached hydrogen (secondary N) is 1. The molecule has 8 heteroatoms. The van der Waals surface area contributed by atoms with Crippen LogP contribution in [0.25, 0.3) is 0 Å². The predicted molar refractivity (Wildman–Crippen MR) is 86.2 cm³/mol. The Morgan fingerprint density at radius 2 is 1.96 bits per heavy atom.